The molecule has 2 aromatic rings. The summed E-state index contributed by atoms with van der Waals surface area (Å²) < 4.78 is 15.6. The summed E-state index contributed by atoms with van der Waals surface area (Å²) in [6, 6.07) is 2.65. The summed E-state index contributed by atoms with van der Waals surface area (Å²) in [5.74, 6) is -2.76. The van der Waals surface area contributed by atoms with Crippen molar-refractivity contribution in [2.24, 2.45) is 0 Å². The van der Waals surface area contributed by atoms with Crippen LogP contribution >= 0.6 is 23.2 Å². The van der Waals surface area contributed by atoms with Gasteiger partial charge in [-0.3, -0.25) is 14.4 Å². The van der Waals surface area contributed by atoms with Crippen LogP contribution in [-0.2, 0) is 13.1 Å². The molecular weight excluding hydrogens is 436 g/mol. The quantitative estimate of drug-likeness (QED) is 0.698. The van der Waals surface area contributed by atoms with Gasteiger partial charge in [-0.25, -0.2) is 4.39 Å². The van der Waals surface area contributed by atoms with Gasteiger partial charge >= 0.3 is 0 Å². The van der Waals surface area contributed by atoms with Crippen molar-refractivity contribution in [3.8, 4) is 5.75 Å². The molecule has 0 radical (unpaired) electrons. The second-order valence-electron chi connectivity index (χ2n) is 7.37. The van der Waals surface area contributed by atoms with Gasteiger partial charge < -0.3 is 19.9 Å². The zero-order chi connectivity index (χ0) is 21.6. The number of amides is 2. The van der Waals surface area contributed by atoms with E-state index in [1.54, 1.807) is 4.90 Å². The molecule has 1 aromatic heterocycles. The molecule has 0 spiro atoms. The van der Waals surface area contributed by atoms with Crippen LogP contribution < -0.4 is 10.7 Å². The number of fused-ring (bicyclic) bond motifs is 2. The van der Waals surface area contributed by atoms with Gasteiger partial charge in [0.25, 0.3) is 11.8 Å². The molecule has 158 valence electrons. The Morgan fingerprint density at radius 2 is 1.97 bits per heavy atom. The fourth-order valence-electron chi connectivity index (χ4n) is 4.00. The Bertz CT molecular complexity index is 1120. The van der Waals surface area contributed by atoms with E-state index < -0.39 is 28.8 Å². The smallest absolute Gasteiger partial charge is 0.274 e. The zero-order valence-corrected chi connectivity index (χ0v) is 17.3. The van der Waals surface area contributed by atoms with Gasteiger partial charge in [0.2, 0.25) is 5.43 Å². The Morgan fingerprint density at radius 3 is 2.73 bits per heavy atom. The molecule has 2 aliphatic heterocycles. The average Bonchev–Trinajstić information content (AvgIpc) is 2.73. The number of carbonyl (C=O) groups excluding carboxylic acids is 2. The van der Waals surface area contributed by atoms with Crippen molar-refractivity contribution < 1.29 is 19.1 Å². The van der Waals surface area contributed by atoms with Crippen LogP contribution in [0.25, 0.3) is 0 Å². The Morgan fingerprint density at radius 1 is 1.23 bits per heavy atom. The minimum Gasteiger partial charge on any atom is -0.503 e. The summed E-state index contributed by atoms with van der Waals surface area (Å²) in [7, 11) is 0. The lowest BCUT2D eigenvalue weighted by Gasteiger charge is -2.40. The molecule has 4 rings (SSSR count). The number of carbonyl (C=O) groups is 2. The second-order valence-corrected chi connectivity index (χ2v) is 8.19. The predicted octanol–water partition coefficient (Wildman–Crippen LogP) is 2.94. The molecule has 1 saturated heterocycles. The average molecular weight is 454 g/mol. The predicted molar refractivity (Wildman–Crippen MR) is 109 cm³/mol. The summed E-state index contributed by atoms with van der Waals surface area (Å²) in [6.45, 7) is 0.649. The van der Waals surface area contributed by atoms with E-state index >= 15 is 0 Å². The van der Waals surface area contributed by atoms with Crippen LogP contribution in [0.15, 0.2) is 23.1 Å². The molecule has 2 aliphatic rings. The second kappa shape index (κ2) is 7.92. The van der Waals surface area contributed by atoms with Crippen LogP contribution in [0.2, 0.25) is 10.0 Å². The Labute approximate surface area is 181 Å². The van der Waals surface area contributed by atoms with Gasteiger partial charge in [0, 0.05) is 42.5 Å². The fraction of sp³-hybridized carbons (Fsp3) is 0.350. The van der Waals surface area contributed by atoms with Crippen molar-refractivity contribution >= 4 is 35.0 Å². The summed E-state index contributed by atoms with van der Waals surface area (Å²) in [6.07, 6.45) is 3.93. The van der Waals surface area contributed by atoms with Crippen LogP contribution in [0.4, 0.5) is 4.39 Å². The minimum atomic E-state index is -0.958. The van der Waals surface area contributed by atoms with Gasteiger partial charge in [0.05, 0.1) is 5.02 Å². The highest BCUT2D eigenvalue weighted by molar-refractivity contribution is 6.33. The number of aromatic nitrogens is 1. The first-order valence-electron chi connectivity index (χ1n) is 9.47. The third-order valence-corrected chi connectivity index (χ3v) is 6.21. The number of hydrogen-bond acceptors (Lipinski definition) is 4. The monoisotopic (exact) mass is 453 g/mol. The highest BCUT2D eigenvalue weighted by atomic mass is 35.5. The van der Waals surface area contributed by atoms with Crippen LogP contribution in [0.5, 0.6) is 5.75 Å². The maximum Gasteiger partial charge on any atom is 0.274 e. The molecule has 7 nitrogen and oxygen atoms in total. The van der Waals surface area contributed by atoms with E-state index in [0.717, 1.165) is 19.3 Å². The number of pyridine rings is 1. The number of nitrogens with zero attached hydrogens (tertiary/aromatic N) is 2. The van der Waals surface area contributed by atoms with Crippen molar-refractivity contribution in [3.63, 3.8) is 0 Å². The summed E-state index contributed by atoms with van der Waals surface area (Å²) in [5.41, 5.74) is -1.43. The van der Waals surface area contributed by atoms with E-state index in [4.69, 9.17) is 23.2 Å². The number of hydrogen-bond donors (Lipinski definition) is 2. The summed E-state index contributed by atoms with van der Waals surface area (Å²) >= 11 is 11.7. The minimum absolute atomic E-state index is 0.0205. The SMILES string of the molecule is O=C(NCc1c(Cl)ccc(Cl)c1F)c1cn2c(c(O)c1=O)C(=O)N1CCCCC1C2. The van der Waals surface area contributed by atoms with E-state index in [1.807, 2.05) is 0 Å². The Hall–Kier alpha value is -2.58. The number of aromatic hydroxyl groups is 1. The molecule has 1 aromatic carbocycles. The molecule has 30 heavy (non-hydrogen) atoms. The van der Waals surface area contributed by atoms with Gasteiger partial charge in [-0.1, -0.05) is 23.2 Å². The first-order valence-corrected chi connectivity index (χ1v) is 10.2. The van der Waals surface area contributed by atoms with Gasteiger partial charge in [0.15, 0.2) is 11.4 Å². The standard InChI is InChI=1S/C20H18Cl2FN3O4/c21-13-4-5-14(22)15(23)11(13)7-24-19(29)12-9-25-8-10-3-1-2-6-26(10)20(30)16(25)18(28)17(12)27/h4-5,9-10,28H,1-3,6-8H2,(H,24,29). The molecule has 0 bridgehead atoms. The largest absolute Gasteiger partial charge is 0.503 e. The first-order chi connectivity index (χ1) is 14.3. The van der Waals surface area contributed by atoms with Gasteiger partial charge in [-0.2, -0.15) is 0 Å². The van der Waals surface area contributed by atoms with Crippen molar-refractivity contribution in [2.45, 2.75) is 38.4 Å². The number of piperidine rings is 1. The number of benzene rings is 1. The maximum absolute atomic E-state index is 14.2. The van der Waals surface area contributed by atoms with Crippen molar-refractivity contribution in [1.29, 1.82) is 0 Å². The lowest BCUT2D eigenvalue weighted by Crippen LogP contribution is -2.51. The first kappa shape index (κ1) is 20.7. The highest BCUT2D eigenvalue weighted by Gasteiger charge is 2.37. The third kappa shape index (κ3) is 3.44. The third-order valence-electron chi connectivity index (χ3n) is 5.56. The van der Waals surface area contributed by atoms with E-state index in [2.05, 4.69) is 5.32 Å². The van der Waals surface area contributed by atoms with Crippen LogP contribution in [0, 0.1) is 5.82 Å². The van der Waals surface area contributed by atoms with E-state index in [0.29, 0.717) is 13.1 Å². The van der Waals surface area contributed by atoms with Crippen molar-refractivity contribution in [1.82, 2.24) is 14.8 Å². The molecule has 2 N–H and O–H groups in total. The molecule has 1 unspecified atom stereocenters. The number of halogens is 3. The molecule has 1 atom stereocenters. The van der Waals surface area contributed by atoms with Gasteiger partial charge in [-0.05, 0) is 31.4 Å². The molecule has 2 amide bonds. The lowest BCUT2D eigenvalue weighted by molar-refractivity contribution is 0.0504. The van der Waals surface area contributed by atoms with E-state index in [1.165, 1.54) is 22.9 Å². The summed E-state index contributed by atoms with van der Waals surface area (Å²) in [5, 5.41) is 12.7. The molecule has 10 heteroatoms. The highest BCUT2D eigenvalue weighted by Crippen LogP contribution is 2.29. The van der Waals surface area contributed by atoms with Crippen LogP contribution in [-0.4, -0.2) is 39.0 Å². The molecule has 0 saturated carbocycles. The van der Waals surface area contributed by atoms with Gasteiger partial charge in [-0.15, -0.1) is 0 Å². The van der Waals surface area contributed by atoms with E-state index in [9.17, 15) is 23.9 Å². The number of nitrogens with one attached hydrogen (secondary N) is 1. The molecule has 0 aliphatic carbocycles. The zero-order valence-electron chi connectivity index (χ0n) is 15.8. The molecular formula is C20H18Cl2FN3O4. The number of rotatable bonds is 3. The van der Waals surface area contributed by atoms with Crippen molar-refractivity contribution in [3.05, 3.63) is 61.2 Å². The Balaban J connectivity index is 1.64. The summed E-state index contributed by atoms with van der Waals surface area (Å²) in [4.78, 5) is 39.6. The molecule has 3 heterocycles. The molecule has 1 fully saturated rings. The van der Waals surface area contributed by atoms with Crippen LogP contribution in [0.3, 0.4) is 0 Å². The maximum atomic E-state index is 14.2. The Kier molecular flexibility index (Phi) is 5.46. The van der Waals surface area contributed by atoms with E-state index in [-0.39, 0.29) is 39.5 Å². The lowest BCUT2D eigenvalue weighted by atomic mass is 9.98. The van der Waals surface area contributed by atoms with Gasteiger partial charge in [0.1, 0.15) is 11.4 Å². The topological polar surface area (TPSA) is 91.6 Å². The normalized spacial score (nSPS) is 18.0. The van der Waals surface area contributed by atoms with Crippen molar-refractivity contribution in [2.75, 3.05) is 6.54 Å². The van der Waals surface area contributed by atoms with Crippen LogP contribution in [0.1, 0.15) is 45.7 Å². The fourth-order valence-corrected chi connectivity index (χ4v) is 4.39.